The molecule has 0 aliphatic carbocycles. The Bertz CT molecular complexity index is 3260. The molecule has 0 bridgehead atoms. The van der Waals surface area contributed by atoms with Gasteiger partial charge in [-0.2, -0.15) is 0 Å². The molecule has 9 amide bonds. The second-order valence-corrected chi connectivity index (χ2v) is 21.0. The van der Waals surface area contributed by atoms with Crippen molar-refractivity contribution in [2.75, 3.05) is 75.9 Å². The lowest BCUT2D eigenvalue weighted by Gasteiger charge is -2.22. The van der Waals surface area contributed by atoms with Gasteiger partial charge in [0, 0.05) is 22.7 Å². The van der Waals surface area contributed by atoms with Gasteiger partial charge in [-0.25, -0.2) is 0 Å². The fourth-order valence-electron chi connectivity index (χ4n) is 9.57. The third-order valence-corrected chi connectivity index (χ3v) is 14.4. The van der Waals surface area contributed by atoms with Crippen LogP contribution < -0.4 is 90.2 Å². The molecule has 0 aliphatic heterocycles. The lowest BCUT2D eigenvalue weighted by molar-refractivity contribution is -0.126. The van der Waals surface area contributed by atoms with E-state index >= 15 is 0 Å². The summed E-state index contributed by atoms with van der Waals surface area (Å²) in [6, 6.07) is 22.1. The molecule has 26 heteroatoms. The maximum Gasteiger partial charge on any atom is 0.255 e. The standard InChI is InChI=1S/C64H85N13O13/c1-87-52-26-22-40(35-44(52)57(69)79)70-62(84)49(19-9-13-31-66)75-59(81)46-37-42(24-28-54(46)89-3)72-64(86)51(21-11-15-33-68)77-60(82)47-38-43(25-29-55(47)90-4)73-63(85)50(20-10-14-32-67)76-58(80)45-36-41(23-27-53(45)88-2)71-61(83)48(18-8-12-30-65)74-56(78)34-39-16-6-5-7-17-39/h5-7,16-17,22-29,35-38,48-51H,8-15,18-21,30-34,65-68H2,1-4H3,(H2,69,79)(H,70,84)(H,71,83)(H,72,86)(H,73,85)(H,74,78)(H,75,81)(H,76,80)(H,77,82). The van der Waals surface area contributed by atoms with Gasteiger partial charge in [0.25, 0.3) is 23.6 Å². The van der Waals surface area contributed by atoms with Gasteiger partial charge in [0.2, 0.25) is 29.5 Å². The van der Waals surface area contributed by atoms with Crippen molar-refractivity contribution in [3.05, 3.63) is 131 Å². The number of carbonyl (C=O) groups excluding carboxylic acids is 9. The van der Waals surface area contributed by atoms with E-state index in [4.69, 9.17) is 47.6 Å². The maximum atomic E-state index is 14.3. The highest BCUT2D eigenvalue weighted by Crippen LogP contribution is 2.28. The first-order chi connectivity index (χ1) is 43.4. The van der Waals surface area contributed by atoms with Gasteiger partial charge in [-0.3, -0.25) is 43.2 Å². The molecule has 0 aliphatic rings. The van der Waals surface area contributed by atoms with Crippen LogP contribution in [0.5, 0.6) is 23.0 Å². The van der Waals surface area contributed by atoms with E-state index in [0.717, 1.165) is 5.56 Å². The number of carbonyl (C=O) groups is 9. The Morgan fingerprint density at radius 1 is 0.367 bits per heavy atom. The van der Waals surface area contributed by atoms with E-state index in [0.29, 0.717) is 84.0 Å². The predicted molar refractivity (Wildman–Crippen MR) is 342 cm³/mol. The number of hydrogen-bond acceptors (Lipinski definition) is 17. The molecule has 90 heavy (non-hydrogen) atoms. The third kappa shape index (κ3) is 21.9. The number of nitrogens with one attached hydrogen (secondary N) is 8. The maximum absolute atomic E-state index is 14.3. The number of methoxy groups -OCH3 is 4. The molecule has 0 saturated heterocycles. The van der Waals surface area contributed by atoms with Crippen molar-refractivity contribution < 1.29 is 62.1 Å². The SMILES string of the molecule is COc1ccc(NC(=O)C(CCCCN)NC(=O)c2cc(NC(=O)C(CCCCN)NC(=O)c3cc(NC(=O)C(CCCCN)NC(=O)c4cc(NC(=O)C(CCCCN)NC(=O)Cc5ccccc5)ccc4OC)ccc3OC)ccc2OC)cc1C(N)=O. The molecule has 0 spiro atoms. The van der Waals surface area contributed by atoms with Gasteiger partial charge in [0.15, 0.2) is 0 Å². The predicted octanol–water partition coefficient (Wildman–Crippen LogP) is 4.21. The minimum Gasteiger partial charge on any atom is -0.496 e. The highest BCUT2D eigenvalue weighted by Gasteiger charge is 2.29. The molecule has 0 saturated carbocycles. The summed E-state index contributed by atoms with van der Waals surface area (Å²) in [4.78, 5) is 124. The number of amides is 9. The van der Waals surface area contributed by atoms with Crippen LogP contribution in [-0.4, -0.2) is 132 Å². The Morgan fingerprint density at radius 3 is 0.922 bits per heavy atom. The zero-order valence-electron chi connectivity index (χ0n) is 51.3. The lowest BCUT2D eigenvalue weighted by atomic mass is 10.1. The Morgan fingerprint density at radius 2 is 0.644 bits per heavy atom. The topological polar surface area (TPSA) is 417 Å². The average molecular weight is 1240 g/mol. The summed E-state index contributed by atoms with van der Waals surface area (Å²) in [7, 11) is 5.42. The second-order valence-electron chi connectivity index (χ2n) is 21.0. The molecule has 26 nitrogen and oxygen atoms in total. The molecule has 0 aromatic heterocycles. The summed E-state index contributed by atoms with van der Waals surface area (Å²) >= 11 is 0. The van der Waals surface area contributed by atoms with E-state index in [9.17, 15) is 43.2 Å². The molecule has 5 aromatic rings. The number of unbranched alkanes of at least 4 members (excludes halogenated alkanes) is 4. The minimum atomic E-state index is -1.19. The van der Waals surface area contributed by atoms with E-state index in [2.05, 4.69) is 42.5 Å². The van der Waals surface area contributed by atoms with E-state index in [1.165, 1.54) is 95.2 Å². The summed E-state index contributed by atoms with van der Waals surface area (Å²) in [6.07, 6.45) is 4.90. The molecular weight excluding hydrogens is 1160 g/mol. The first-order valence-electron chi connectivity index (χ1n) is 29.7. The van der Waals surface area contributed by atoms with Crippen LogP contribution in [0.4, 0.5) is 22.7 Å². The van der Waals surface area contributed by atoms with Gasteiger partial charge >= 0.3 is 0 Å². The Labute approximate surface area is 523 Å². The first kappa shape index (κ1) is 71.1. The average Bonchev–Trinajstić information content (AvgIpc) is 1.36. The number of primary amides is 1. The van der Waals surface area contributed by atoms with Crippen molar-refractivity contribution in [1.29, 1.82) is 0 Å². The third-order valence-electron chi connectivity index (χ3n) is 14.4. The van der Waals surface area contributed by atoms with Crippen molar-refractivity contribution in [3.63, 3.8) is 0 Å². The Hall–Kier alpha value is -9.63. The molecule has 0 radical (unpaired) electrons. The van der Waals surface area contributed by atoms with Gasteiger partial charge in [-0.05, 0) is 182 Å². The molecule has 4 unspecified atom stereocenters. The number of rotatable bonds is 38. The number of benzene rings is 5. The Balaban J connectivity index is 1.33. The van der Waals surface area contributed by atoms with E-state index in [1.54, 1.807) is 6.07 Å². The van der Waals surface area contributed by atoms with Gasteiger partial charge < -0.3 is 90.2 Å². The molecule has 18 N–H and O–H groups in total. The van der Waals surface area contributed by atoms with E-state index in [-0.39, 0.29) is 99.6 Å². The number of hydrogen-bond donors (Lipinski definition) is 13. The van der Waals surface area contributed by atoms with Gasteiger partial charge in [0.05, 0.1) is 57.1 Å². The largest absolute Gasteiger partial charge is 0.496 e. The fourth-order valence-corrected chi connectivity index (χ4v) is 9.57. The van der Waals surface area contributed by atoms with Crippen LogP contribution in [0, 0.1) is 0 Å². The summed E-state index contributed by atoms with van der Waals surface area (Å²) in [6.45, 7) is 1.35. The second kappa shape index (κ2) is 37.3. The molecular formula is C64H85N13O13. The summed E-state index contributed by atoms with van der Waals surface area (Å²) < 4.78 is 21.8. The fraction of sp³-hybridized carbons (Fsp3) is 0.391. The zero-order chi connectivity index (χ0) is 65.5. The lowest BCUT2D eigenvalue weighted by Crippen LogP contribution is -2.45. The van der Waals surface area contributed by atoms with Crippen LogP contribution in [0.3, 0.4) is 0 Å². The van der Waals surface area contributed by atoms with Crippen LogP contribution in [-0.2, 0) is 30.4 Å². The zero-order valence-corrected chi connectivity index (χ0v) is 51.3. The number of anilines is 4. The highest BCUT2D eigenvalue weighted by atomic mass is 16.5. The van der Waals surface area contributed by atoms with E-state index in [1.807, 2.05) is 30.3 Å². The Kier molecular flexibility index (Phi) is 29.5. The van der Waals surface area contributed by atoms with Gasteiger partial charge in [0.1, 0.15) is 47.2 Å². The molecule has 4 atom stereocenters. The van der Waals surface area contributed by atoms with Gasteiger partial charge in [-0.15, -0.1) is 0 Å². The quantitative estimate of drug-likeness (QED) is 0.0246. The van der Waals surface area contributed by atoms with Crippen molar-refractivity contribution in [2.45, 2.75) is 108 Å². The van der Waals surface area contributed by atoms with Crippen LogP contribution in [0.25, 0.3) is 0 Å². The highest BCUT2D eigenvalue weighted by molar-refractivity contribution is 6.08. The number of ether oxygens (including phenoxy) is 4. The molecule has 484 valence electrons. The van der Waals surface area contributed by atoms with Crippen LogP contribution in [0.1, 0.15) is 124 Å². The van der Waals surface area contributed by atoms with E-state index < -0.39 is 71.4 Å². The molecule has 5 aromatic carbocycles. The van der Waals surface area contributed by atoms with Crippen molar-refractivity contribution >= 4 is 75.9 Å². The molecule has 0 fully saturated rings. The van der Waals surface area contributed by atoms with Crippen LogP contribution >= 0.6 is 0 Å². The molecule has 5 rings (SSSR count). The van der Waals surface area contributed by atoms with Crippen molar-refractivity contribution in [1.82, 2.24) is 21.3 Å². The minimum absolute atomic E-state index is 0.0128. The first-order valence-corrected chi connectivity index (χ1v) is 29.7. The van der Waals surface area contributed by atoms with Crippen LogP contribution in [0.2, 0.25) is 0 Å². The summed E-state index contributed by atoms with van der Waals surface area (Å²) in [5, 5.41) is 22.3. The summed E-state index contributed by atoms with van der Waals surface area (Å²) in [5.41, 5.74) is 30.0. The smallest absolute Gasteiger partial charge is 0.255 e. The van der Waals surface area contributed by atoms with Crippen molar-refractivity contribution in [3.8, 4) is 23.0 Å². The van der Waals surface area contributed by atoms with Gasteiger partial charge in [-0.1, -0.05) is 30.3 Å². The molecule has 0 heterocycles. The normalized spacial score (nSPS) is 12.1. The monoisotopic (exact) mass is 1240 g/mol. The summed E-state index contributed by atoms with van der Waals surface area (Å²) in [5.74, 6) is -5.23. The van der Waals surface area contributed by atoms with Crippen molar-refractivity contribution in [2.24, 2.45) is 28.7 Å². The van der Waals surface area contributed by atoms with Crippen LogP contribution in [0.15, 0.2) is 103 Å². The number of nitrogens with two attached hydrogens (primary N) is 5.